The Kier molecular flexibility index (Phi) is 10.2. The molecule has 7 aliphatic heterocycles. The zero-order chi connectivity index (χ0) is 33.4. The second-order valence-corrected chi connectivity index (χ2v) is 14.8. The molecule has 2 unspecified atom stereocenters. The van der Waals surface area contributed by atoms with Gasteiger partial charge in [0.05, 0.1) is 73.7 Å². The van der Waals surface area contributed by atoms with Crippen LogP contribution in [-0.2, 0) is 32.3 Å². The SMILES string of the molecule is COc1cc2c3c(c1OC)Oc1ccc(cc1)CC1c4c(cc(OC)c5c4Oc4ccc(cc4CO5)CC3[N+](C)(C)CC2)CC[N+]1(C)C.[I-].[I-]. The fourth-order valence-corrected chi connectivity index (χ4v) is 8.36. The summed E-state index contributed by atoms with van der Waals surface area (Å²) in [7, 11) is 14.4. The smallest absolute Gasteiger partial charge is 0.205 e. The highest BCUT2D eigenvalue weighted by atomic mass is 127. The molecule has 0 fully saturated rings. The van der Waals surface area contributed by atoms with Crippen molar-refractivity contribution in [1.82, 2.24) is 0 Å². The summed E-state index contributed by atoms with van der Waals surface area (Å²) in [6.07, 6.45) is 3.49. The highest BCUT2D eigenvalue weighted by Gasteiger charge is 2.43. The molecule has 0 aliphatic carbocycles. The number of nitrogens with zero attached hydrogens (tertiary/aromatic N) is 2. The van der Waals surface area contributed by atoms with Gasteiger partial charge >= 0.3 is 0 Å². The monoisotopic (exact) mass is 904 g/mol. The van der Waals surface area contributed by atoms with E-state index in [9.17, 15) is 0 Å². The molecule has 2 atom stereocenters. The maximum Gasteiger partial charge on any atom is 0.205 e. The average Bonchev–Trinajstić information content (AvgIpc) is 3.26. The maximum atomic E-state index is 6.96. The Bertz CT molecular complexity index is 1930. The van der Waals surface area contributed by atoms with Gasteiger partial charge in [0.25, 0.3) is 0 Å². The molecule has 0 N–H and O–H groups in total. The molecule has 4 aromatic rings. The summed E-state index contributed by atoms with van der Waals surface area (Å²) >= 11 is 0. The van der Waals surface area contributed by atoms with Gasteiger partial charge in [0.15, 0.2) is 23.0 Å². The number of benzene rings is 4. The zero-order valence-corrected chi connectivity index (χ0v) is 34.2. The Hall–Kier alpha value is -2.94. The van der Waals surface area contributed by atoms with E-state index in [-0.39, 0.29) is 60.0 Å². The molecule has 0 saturated heterocycles. The quantitative estimate of drug-likeness (QED) is 0.229. The molecule has 0 amide bonds. The summed E-state index contributed by atoms with van der Waals surface area (Å²) in [6.45, 7) is 2.40. The van der Waals surface area contributed by atoms with E-state index >= 15 is 0 Å². The van der Waals surface area contributed by atoms with E-state index in [2.05, 4.69) is 82.8 Å². The lowest BCUT2D eigenvalue weighted by Crippen LogP contribution is -3.00. The average molecular weight is 905 g/mol. The van der Waals surface area contributed by atoms with Crippen molar-refractivity contribution in [3.8, 4) is 46.0 Å². The summed E-state index contributed by atoms with van der Waals surface area (Å²) < 4.78 is 40.0. The van der Waals surface area contributed by atoms with Gasteiger partial charge in [0, 0.05) is 31.2 Å². The van der Waals surface area contributed by atoms with E-state index < -0.39 is 0 Å². The normalized spacial score (nSPS) is 20.2. The van der Waals surface area contributed by atoms with E-state index in [1.54, 1.807) is 21.3 Å². The summed E-state index contributed by atoms with van der Waals surface area (Å²) in [4.78, 5) is 0. The second-order valence-electron chi connectivity index (χ2n) is 14.8. The van der Waals surface area contributed by atoms with E-state index in [0.717, 1.165) is 82.0 Å². The number of rotatable bonds is 3. The first kappa shape index (κ1) is 36.8. The van der Waals surface area contributed by atoms with Crippen LogP contribution < -0.4 is 76.4 Å². The molecule has 266 valence electrons. The van der Waals surface area contributed by atoms with Gasteiger partial charge in [-0.15, -0.1) is 0 Å². The van der Waals surface area contributed by atoms with Crippen LogP contribution in [0.3, 0.4) is 0 Å². The lowest BCUT2D eigenvalue weighted by molar-refractivity contribution is -0.923. The third-order valence-electron chi connectivity index (χ3n) is 11.3. The van der Waals surface area contributed by atoms with Crippen LogP contribution in [0.25, 0.3) is 0 Å². The van der Waals surface area contributed by atoms with E-state index in [0.29, 0.717) is 23.9 Å². The maximum absolute atomic E-state index is 6.96. The molecular formula is C40H46I2N2O6. The van der Waals surface area contributed by atoms with Gasteiger partial charge in [-0.05, 0) is 58.7 Å². The number of likely N-dealkylation sites (N-methyl/N-ethyl adjacent to an activating group) is 2. The Balaban J connectivity index is 0.00000216. The van der Waals surface area contributed by atoms with Gasteiger partial charge in [-0.2, -0.15) is 0 Å². The fourth-order valence-electron chi connectivity index (χ4n) is 8.36. The first-order valence-corrected chi connectivity index (χ1v) is 17.0. The number of halogens is 2. The number of hydrogen-bond acceptors (Lipinski definition) is 6. The van der Waals surface area contributed by atoms with Gasteiger partial charge in [0.2, 0.25) is 11.5 Å². The molecule has 10 heteroatoms. The number of ether oxygens (including phenoxy) is 6. The van der Waals surface area contributed by atoms with Gasteiger partial charge in [-0.1, -0.05) is 18.2 Å². The Morgan fingerprint density at radius 3 is 1.80 bits per heavy atom. The lowest BCUT2D eigenvalue weighted by atomic mass is 9.85. The number of hydrogen-bond donors (Lipinski definition) is 0. The van der Waals surface area contributed by atoms with E-state index in [4.69, 9.17) is 28.4 Å². The van der Waals surface area contributed by atoms with Crippen molar-refractivity contribution < 1.29 is 85.3 Å². The minimum atomic E-state index is 0. The van der Waals surface area contributed by atoms with E-state index in [1.807, 2.05) is 0 Å². The van der Waals surface area contributed by atoms with Crippen molar-refractivity contribution in [2.45, 2.75) is 44.4 Å². The topological polar surface area (TPSA) is 55.4 Å². The Labute approximate surface area is 329 Å². The molecule has 0 radical (unpaired) electrons. The van der Waals surface area contributed by atoms with Crippen LogP contribution in [0.15, 0.2) is 54.6 Å². The minimum Gasteiger partial charge on any atom is -1.00 e. The second kappa shape index (κ2) is 13.9. The summed E-state index contributed by atoms with van der Waals surface area (Å²) in [5.74, 6) is 5.86. The van der Waals surface area contributed by atoms with Crippen LogP contribution in [0.1, 0.15) is 51.0 Å². The van der Waals surface area contributed by atoms with Gasteiger partial charge in [-0.3, -0.25) is 0 Å². The van der Waals surface area contributed by atoms with Crippen LogP contribution >= 0.6 is 0 Å². The van der Waals surface area contributed by atoms with Crippen LogP contribution in [0.5, 0.6) is 46.0 Å². The molecule has 7 heterocycles. The Morgan fingerprint density at radius 1 is 0.600 bits per heavy atom. The Morgan fingerprint density at radius 2 is 1.18 bits per heavy atom. The molecule has 0 spiro atoms. The minimum absolute atomic E-state index is 0. The highest BCUT2D eigenvalue weighted by molar-refractivity contribution is 5.64. The van der Waals surface area contributed by atoms with Crippen molar-refractivity contribution >= 4 is 0 Å². The van der Waals surface area contributed by atoms with Crippen molar-refractivity contribution in [3.63, 3.8) is 0 Å². The van der Waals surface area contributed by atoms with Gasteiger partial charge in [-0.25, -0.2) is 0 Å². The van der Waals surface area contributed by atoms with Crippen molar-refractivity contribution in [2.75, 3.05) is 62.6 Å². The number of methoxy groups -OCH3 is 3. The lowest BCUT2D eigenvalue weighted by Gasteiger charge is -2.44. The fraction of sp³-hybridized carbons (Fsp3) is 0.400. The summed E-state index contributed by atoms with van der Waals surface area (Å²) in [6, 6.07) is 19.7. The van der Waals surface area contributed by atoms with Crippen LogP contribution in [0.2, 0.25) is 0 Å². The summed E-state index contributed by atoms with van der Waals surface area (Å²) in [5, 5.41) is 0. The molecule has 50 heavy (non-hydrogen) atoms. The molecule has 8 nitrogen and oxygen atoms in total. The van der Waals surface area contributed by atoms with E-state index in [1.165, 1.54) is 33.4 Å². The predicted octanol–water partition coefficient (Wildman–Crippen LogP) is 1.34. The molecule has 4 aromatic carbocycles. The highest BCUT2D eigenvalue weighted by Crippen LogP contribution is 2.54. The standard InChI is InChI=1S/C40H46N2O6.2HI/c1-41(2)16-15-27-22-34(44-6)38-40-36(27)30(41)19-24-8-11-29(12-9-24)47-39-35-26(21-33(43-5)37(39)45-7)14-17-42(3,4)31(35)20-25-10-13-32(48-40)28(18-25)23-46-38;;/h8-13,18,21-22,30-31H,14-17,19-20,23H2,1-7H3;2*1H/q+2;;/p-2. The molecular weight excluding hydrogens is 858 g/mol. The van der Waals surface area contributed by atoms with Crippen molar-refractivity contribution in [1.29, 1.82) is 0 Å². The third-order valence-corrected chi connectivity index (χ3v) is 11.3. The van der Waals surface area contributed by atoms with Crippen LogP contribution in [0.4, 0.5) is 0 Å². The third kappa shape index (κ3) is 6.17. The molecule has 7 aliphatic rings. The van der Waals surface area contributed by atoms with Crippen molar-refractivity contribution in [2.24, 2.45) is 0 Å². The summed E-state index contributed by atoms with van der Waals surface area (Å²) in [5.41, 5.74) is 8.35. The van der Waals surface area contributed by atoms with Gasteiger partial charge < -0.3 is 85.3 Å². The first-order chi connectivity index (χ1) is 23.1. The van der Waals surface area contributed by atoms with Crippen LogP contribution in [-0.4, -0.2) is 71.6 Å². The molecule has 0 saturated carbocycles. The zero-order valence-electron chi connectivity index (χ0n) is 29.9. The molecule has 0 aromatic heterocycles. The molecule has 6 bridgehead atoms. The number of quaternary nitrogens is 2. The van der Waals surface area contributed by atoms with Gasteiger partial charge in [0.1, 0.15) is 30.2 Å². The molecule has 11 rings (SSSR count). The van der Waals surface area contributed by atoms with Crippen LogP contribution in [0, 0.1) is 0 Å². The first-order valence-electron chi connectivity index (χ1n) is 17.0. The predicted molar refractivity (Wildman–Crippen MR) is 184 cm³/mol. The van der Waals surface area contributed by atoms with Crippen molar-refractivity contribution in [3.05, 3.63) is 93.5 Å². The largest absolute Gasteiger partial charge is 1.00 e.